The van der Waals surface area contributed by atoms with Gasteiger partial charge in [-0.05, 0) is 56.7 Å². The zero-order valence-corrected chi connectivity index (χ0v) is 19.5. The number of fused-ring (bicyclic) bond motifs is 1. The number of hydrogen-bond donors (Lipinski definition) is 1. The number of carbonyl (C=O) groups is 1. The third-order valence-electron chi connectivity index (χ3n) is 5.43. The van der Waals surface area contributed by atoms with Crippen molar-refractivity contribution in [1.29, 1.82) is 0 Å². The smallest absolute Gasteiger partial charge is 0.318 e. The third-order valence-corrected chi connectivity index (χ3v) is 5.43. The van der Waals surface area contributed by atoms with Crippen LogP contribution in [0.15, 0.2) is 48.5 Å². The van der Waals surface area contributed by atoms with Crippen LogP contribution in [0.1, 0.15) is 34.1 Å². The Morgan fingerprint density at radius 3 is 2.31 bits per heavy atom. The van der Waals surface area contributed by atoms with E-state index < -0.39 is 11.4 Å². The number of methoxy groups -OCH3 is 1. The Labute approximate surface area is 189 Å². The maximum absolute atomic E-state index is 11.5. The van der Waals surface area contributed by atoms with E-state index in [1.807, 2.05) is 74.3 Å². The summed E-state index contributed by atoms with van der Waals surface area (Å²) in [6.45, 7) is 7.73. The molecule has 0 aliphatic carbocycles. The molecule has 0 unspecified atom stereocenters. The monoisotopic (exact) mass is 437 g/mol. The second-order valence-electron chi connectivity index (χ2n) is 9.42. The molecule has 0 radical (unpaired) electrons. The molecule has 0 saturated carbocycles. The van der Waals surface area contributed by atoms with Crippen molar-refractivity contribution in [3.8, 4) is 11.8 Å². The molecule has 0 spiro atoms. The summed E-state index contributed by atoms with van der Waals surface area (Å²) in [5.74, 6) is 0.681. The number of hydrogen-bond acceptors (Lipinski definition) is 6. The minimum atomic E-state index is -0.850. The topological polar surface area (TPSA) is 84.8 Å². The van der Waals surface area contributed by atoms with E-state index in [4.69, 9.17) is 14.5 Å². The molecule has 0 atom stereocenters. The van der Waals surface area contributed by atoms with Gasteiger partial charge < -0.3 is 19.5 Å². The van der Waals surface area contributed by atoms with Crippen molar-refractivity contribution >= 4 is 28.4 Å². The van der Waals surface area contributed by atoms with Gasteiger partial charge in [-0.3, -0.25) is 4.79 Å². The lowest BCUT2D eigenvalue weighted by molar-refractivity contribution is -0.148. The van der Waals surface area contributed by atoms with E-state index in [1.165, 1.54) is 0 Å². The zero-order chi connectivity index (χ0) is 23.5. The van der Waals surface area contributed by atoms with E-state index in [0.717, 1.165) is 28.2 Å². The molecule has 0 aliphatic heterocycles. The van der Waals surface area contributed by atoms with Gasteiger partial charge in [-0.1, -0.05) is 26.0 Å². The summed E-state index contributed by atoms with van der Waals surface area (Å²) in [5.41, 5.74) is 0.496. The molecule has 0 saturated heterocycles. The highest BCUT2D eigenvalue weighted by Gasteiger charge is 2.35. The summed E-state index contributed by atoms with van der Waals surface area (Å²) in [7, 11) is 3.58. The summed E-state index contributed by atoms with van der Waals surface area (Å²) < 4.78 is 11.3. The lowest BCUT2D eigenvalue weighted by Gasteiger charge is -2.31. The van der Waals surface area contributed by atoms with Gasteiger partial charge in [0.25, 0.3) is 0 Å². The molecule has 0 bridgehead atoms. The zero-order valence-electron chi connectivity index (χ0n) is 19.5. The van der Waals surface area contributed by atoms with Crippen LogP contribution in [0.25, 0.3) is 10.9 Å². The van der Waals surface area contributed by atoms with E-state index >= 15 is 0 Å². The number of para-hydroxylation sites is 1. The predicted octanol–water partition coefficient (Wildman–Crippen LogP) is 5.31. The van der Waals surface area contributed by atoms with Crippen molar-refractivity contribution in [2.75, 3.05) is 25.7 Å². The lowest BCUT2D eigenvalue weighted by atomic mass is 9.75. The molecule has 0 amide bonds. The maximum Gasteiger partial charge on any atom is 0.318 e. The number of nitrogens with zero attached hydrogens (tertiary/aromatic N) is 3. The van der Waals surface area contributed by atoms with Crippen LogP contribution in [0.2, 0.25) is 0 Å². The summed E-state index contributed by atoms with van der Waals surface area (Å²) >= 11 is 0. The number of benzene rings is 2. The number of carboxylic acid groups (broad SMARTS) is 1. The Kier molecular flexibility index (Phi) is 6.57. The number of anilines is 2. The van der Waals surface area contributed by atoms with Crippen molar-refractivity contribution in [3.63, 3.8) is 0 Å². The second-order valence-corrected chi connectivity index (χ2v) is 9.42. The molecule has 3 rings (SSSR count). The number of rotatable bonds is 9. The molecular formula is C25H31N3O4. The van der Waals surface area contributed by atoms with Crippen molar-refractivity contribution in [1.82, 2.24) is 9.97 Å². The van der Waals surface area contributed by atoms with Gasteiger partial charge in [0.15, 0.2) is 0 Å². The second kappa shape index (κ2) is 9.02. The molecule has 1 aromatic heterocycles. The molecular weight excluding hydrogens is 406 g/mol. The Bertz CT molecular complexity index is 1090. The van der Waals surface area contributed by atoms with Crippen LogP contribution < -0.4 is 14.4 Å². The number of ether oxygens (including phenoxy) is 2. The first kappa shape index (κ1) is 23.3. The van der Waals surface area contributed by atoms with Crippen molar-refractivity contribution in [3.05, 3.63) is 48.5 Å². The molecule has 7 heteroatoms. The highest BCUT2D eigenvalue weighted by atomic mass is 16.5. The largest absolute Gasteiger partial charge is 0.497 e. The standard InChI is InChI=1S/C25H31N3O4/c1-24(2,15-25(3,4)22(29)30)16-32-23-26-20-10-8-7-9-19(20)21(27-23)28(5)17-11-13-18(31-6)14-12-17/h7-14H,15-16H2,1-6H3,(H,29,30). The van der Waals surface area contributed by atoms with Gasteiger partial charge in [-0.25, -0.2) is 0 Å². The van der Waals surface area contributed by atoms with Crippen LogP contribution in [0, 0.1) is 10.8 Å². The highest BCUT2D eigenvalue weighted by molar-refractivity contribution is 5.91. The van der Waals surface area contributed by atoms with Gasteiger partial charge in [-0.2, -0.15) is 9.97 Å². The van der Waals surface area contributed by atoms with Gasteiger partial charge >= 0.3 is 12.0 Å². The van der Waals surface area contributed by atoms with Crippen LogP contribution in [0.3, 0.4) is 0 Å². The fourth-order valence-corrected chi connectivity index (χ4v) is 3.87. The average molecular weight is 438 g/mol. The van der Waals surface area contributed by atoms with Crippen LogP contribution >= 0.6 is 0 Å². The first-order chi connectivity index (χ1) is 15.0. The summed E-state index contributed by atoms with van der Waals surface area (Å²) in [4.78, 5) is 22.8. The first-order valence-corrected chi connectivity index (χ1v) is 10.5. The van der Waals surface area contributed by atoms with Crippen LogP contribution in [-0.2, 0) is 4.79 Å². The molecule has 170 valence electrons. The quantitative estimate of drug-likeness (QED) is 0.485. The summed E-state index contributed by atoms with van der Waals surface area (Å²) in [5, 5.41) is 10.4. The highest BCUT2D eigenvalue weighted by Crippen LogP contribution is 2.35. The number of carboxylic acids is 1. The van der Waals surface area contributed by atoms with Gasteiger partial charge in [0.2, 0.25) is 0 Å². The Morgan fingerprint density at radius 2 is 1.69 bits per heavy atom. The molecule has 1 N–H and O–H groups in total. The van der Waals surface area contributed by atoms with Crippen molar-refractivity contribution in [2.45, 2.75) is 34.1 Å². The van der Waals surface area contributed by atoms with E-state index in [9.17, 15) is 9.90 Å². The molecule has 0 aliphatic rings. The van der Waals surface area contributed by atoms with Crippen molar-refractivity contribution in [2.24, 2.45) is 10.8 Å². The van der Waals surface area contributed by atoms with E-state index in [2.05, 4.69) is 4.98 Å². The molecule has 1 heterocycles. The Hall–Kier alpha value is -3.35. The van der Waals surface area contributed by atoms with Gasteiger partial charge in [0, 0.05) is 23.5 Å². The fourth-order valence-electron chi connectivity index (χ4n) is 3.87. The summed E-state index contributed by atoms with van der Waals surface area (Å²) in [6, 6.07) is 15.8. The van der Waals surface area contributed by atoms with Crippen LogP contribution in [0.5, 0.6) is 11.8 Å². The molecule has 32 heavy (non-hydrogen) atoms. The summed E-state index contributed by atoms with van der Waals surface area (Å²) in [6.07, 6.45) is 0.460. The average Bonchev–Trinajstić information content (AvgIpc) is 2.76. The molecule has 0 fully saturated rings. The third kappa shape index (κ3) is 5.28. The normalized spacial score (nSPS) is 11.9. The van der Waals surface area contributed by atoms with Gasteiger partial charge in [-0.15, -0.1) is 0 Å². The molecule has 7 nitrogen and oxygen atoms in total. The van der Waals surface area contributed by atoms with Gasteiger partial charge in [0.1, 0.15) is 11.6 Å². The Morgan fingerprint density at radius 1 is 1.03 bits per heavy atom. The molecule has 2 aromatic carbocycles. The van der Waals surface area contributed by atoms with Crippen LogP contribution in [0.4, 0.5) is 11.5 Å². The van der Waals surface area contributed by atoms with Gasteiger partial charge in [0.05, 0.1) is 24.6 Å². The fraction of sp³-hybridized carbons (Fsp3) is 0.400. The first-order valence-electron chi connectivity index (χ1n) is 10.5. The van der Waals surface area contributed by atoms with E-state index in [-0.39, 0.29) is 11.4 Å². The minimum Gasteiger partial charge on any atom is -0.497 e. The van der Waals surface area contributed by atoms with Crippen molar-refractivity contribution < 1.29 is 19.4 Å². The minimum absolute atomic E-state index is 0.264. The molecule has 3 aromatic rings. The maximum atomic E-state index is 11.5. The SMILES string of the molecule is COc1ccc(N(C)c2nc(OCC(C)(C)CC(C)(C)C(=O)O)nc3ccccc23)cc1. The van der Waals surface area contributed by atoms with Crippen LogP contribution in [-0.4, -0.2) is 41.8 Å². The Balaban J connectivity index is 1.89. The predicted molar refractivity (Wildman–Crippen MR) is 126 cm³/mol. The van der Waals surface area contributed by atoms with E-state index in [1.54, 1.807) is 21.0 Å². The number of aliphatic carboxylic acids is 1. The lowest BCUT2D eigenvalue weighted by Crippen LogP contribution is -2.33. The van der Waals surface area contributed by atoms with E-state index in [0.29, 0.717) is 13.0 Å². The number of aromatic nitrogens is 2.